The van der Waals surface area contributed by atoms with Gasteiger partial charge in [-0.25, -0.2) is 4.98 Å². The Morgan fingerprint density at radius 3 is 2.76 bits per heavy atom. The molecule has 0 saturated carbocycles. The van der Waals surface area contributed by atoms with Gasteiger partial charge in [0.2, 0.25) is 0 Å². The Kier molecular flexibility index (Phi) is 5.01. The maximum Gasteiger partial charge on any atom is 0.137 e. The second kappa shape index (κ2) is 6.58. The Labute approximate surface area is 127 Å². The molecule has 2 heterocycles. The third kappa shape index (κ3) is 4.55. The van der Waals surface area contributed by atoms with E-state index in [-0.39, 0.29) is 12.0 Å². The fourth-order valence-electron chi connectivity index (χ4n) is 2.66. The van der Waals surface area contributed by atoms with Crippen LogP contribution in [0.15, 0.2) is 24.5 Å². The molecule has 0 saturated heterocycles. The van der Waals surface area contributed by atoms with Crippen molar-refractivity contribution >= 4 is 5.65 Å². The minimum atomic E-state index is 0.243. The van der Waals surface area contributed by atoms with Crippen LogP contribution in [-0.2, 0) is 6.54 Å². The summed E-state index contributed by atoms with van der Waals surface area (Å²) in [7, 11) is 0. The Bertz CT molecular complexity index is 583. The molecule has 0 amide bonds. The molecule has 21 heavy (non-hydrogen) atoms. The molecule has 2 aromatic heterocycles. The molecule has 4 heteroatoms. The van der Waals surface area contributed by atoms with Gasteiger partial charge in [0, 0.05) is 32.4 Å². The molecule has 0 atom stereocenters. The van der Waals surface area contributed by atoms with E-state index in [1.165, 1.54) is 11.3 Å². The fourth-order valence-corrected chi connectivity index (χ4v) is 2.66. The van der Waals surface area contributed by atoms with Crippen LogP contribution in [0.25, 0.3) is 5.65 Å². The highest BCUT2D eigenvalue weighted by atomic mass is 16.3. The lowest BCUT2D eigenvalue weighted by atomic mass is 9.96. The fraction of sp³-hybridized carbons (Fsp3) is 0.588. The minimum absolute atomic E-state index is 0.243. The van der Waals surface area contributed by atoms with E-state index in [0.717, 1.165) is 31.7 Å². The predicted octanol–water partition coefficient (Wildman–Crippen LogP) is 2.87. The summed E-state index contributed by atoms with van der Waals surface area (Å²) in [6, 6.07) is 4.21. The number of fused-ring (bicyclic) bond motifs is 1. The lowest BCUT2D eigenvalue weighted by Gasteiger charge is -2.29. The van der Waals surface area contributed by atoms with Crippen LogP contribution in [0.2, 0.25) is 0 Å². The van der Waals surface area contributed by atoms with Gasteiger partial charge in [-0.15, -0.1) is 0 Å². The van der Waals surface area contributed by atoms with Gasteiger partial charge in [0.1, 0.15) is 5.65 Å². The number of nitrogens with zero attached hydrogens (tertiary/aromatic N) is 3. The normalized spacial score (nSPS) is 12.5. The van der Waals surface area contributed by atoms with Crippen LogP contribution in [0.3, 0.4) is 0 Å². The van der Waals surface area contributed by atoms with E-state index in [9.17, 15) is 0 Å². The lowest BCUT2D eigenvalue weighted by Crippen LogP contribution is -2.33. The first-order chi connectivity index (χ1) is 9.89. The Balaban J connectivity index is 2.17. The standard InChI is InChI=1S/C17H27N3O/c1-14-6-8-20-15(11-18-16(20)10-14)12-19(7-5-9-21)13-17(2,3)4/h6,8,10-11,21H,5,7,9,12-13H2,1-4H3. The van der Waals surface area contributed by atoms with Crippen molar-refractivity contribution in [3.8, 4) is 0 Å². The second-order valence-electron chi connectivity index (χ2n) is 7.03. The SMILES string of the molecule is Cc1ccn2c(CN(CCCO)CC(C)(C)C)cnc2c1. The van der Waals surface area contributed by atoms with E-state index in [1.807, 2.05) is 6.20 Å². The summed E-state index contributed by atoms with van der Waals surface area (Å²) >= 11 is 0. The van der Waals surface area contributed by atoms with Crippen LogP contribution < -0.4 is 0 Å². The van der Waals surface area contributed by atoms with E-state index in [0.29, 0.717) is 0 Å². The summed E-state index contributed by atoms with van der Waals surface area (Å²) < 4.78 is 2.15. The molecule has 0 radical (unpaired) electrons. The molecule has 0 aliphatic rings. The lowest BCUT2D eigenvalue weighted by molar-refractivity contribution is 0.164. The first kappa shape index (κ1) is 16.0. The van der Waals surface area contributed by atoms with Crippen LogP contribution >= 0.6 is 0 Å². The van der Waals surface area contributed by atoms with E-state index >= 15 is 0 Å². The van der Waals surface area contributed by atoms with Crippen molar-refractivity contribution in [2.24, 2.45) is 5.41 Å². The Morgan fingerprint density at radius 1 is 1.33 bits per heavy atom. The van der Waals surface area contributed by atoms with Gasteiger partial charge >= 0.3 is 0 Å². The van der Waals surface area contributed by atoms with Crippen molar-refractivity contribution in [2.75, 3.05) is 19.7 Å². The first-order valence-corrected chi connectivity index (χ1v) is 7.65. The number of imidazole rings is 1. The van der Waals surface area contributed by atoms with Crippen LogP contribution in [0, 0.1) is 12.3 Å². The number of hydrogen-bond donors (Lipinski definition) is 1. The molecule has 0 bridgehead atoms. The summed E-state index contributed by atoms with van der Waals surface area (Å²) in [6.45, 7) is 11.8. The van der Waals surface area contributed by atoms with E-state index < -0.39 is 0 Å². The largest absolute Gasteiger partial charge is 0.396 e. The van der Waals surface area contributed by atoms with Crippen LogP contribution in [-0.4, -0.2) is 39.1 Å². The highest BCUT2D eigenvalue weighted by Gasteiger charge is 2.17. The van der Waals surface area contributed by atoms with Gasteiger partial charge in [-0.2, -0.15) is 0 Å². The molecular formula is C17H27N3O. The molecular weight excluding hydrogens is 262 g/mol. The number of aryl methyl sites for hydroxylation is 1. The molecule has 116 valence electrons. The molecule has 0 aromatic carbocycles. The smallest absolute Gasteiger partial charge is 0.137 e. The summed E-state index contributed by atoms with van der Waals surface area (Å²) in [6.07, 6.45) is 4.86. The van der Waals surface area contributed by atoms with Crippen molar-refractivity contribution in [1.29, 1.82) is 0 Å². The topological polar surface area (TPSA) is 40.8 Å². The predicted molar refractivity (Wildman–Crippen MR) is 86.4 cm³/mol. The molecule has 0 fully saturated rings. The van der Waals surface area contributed by atoms with E-state index in [1.54, 1.807) is 0 Å². The summed E-state index contributed by atoms with van der Waals surface area (Å²) in [5.41, 5.74) is 3.67. The first-order valence-electron chi connectivity index (χ1n) is 7.65. The number of rotatable bonds is 6. The van der Waals surface area contributed by atoms with Gasteiger partial charge in [-0.3, -0.25) is 4.90 Å². The van der Waals surface area contributed by atoms with Crippen LogP contribution in [0.5, 0.6) is 0 Å². The number of aliphatic hydroxyl groups is 1. The second-order valence-corrected chi connectivity index (χ2v) is 7.03. The molecule has 2 aromatic rings. The molecule has 4 nitrogen and oxygen atoms in total. The molecule has 1 N–H and O–H groups in total. The van der Waals surface area contributed by atoms with Crippen molar-refractivity contribution in [2.45, 2.75) is 40.7 Å². The number of aliphatic hydroxyl groups excluding tert-OH is 1. The summed E-state index contributed by atoms with van der Waals surface area (Å²) in [5, 5.41) is 9.10. The molecule has 2 rings (SSSR count). The molecule has 0 spiro atoms. The summed E-state index contributed by atoms with van der Waals surface area (Å²) in [4.78, 5) is 6.90. The molecule has 0 aliphatic carbocycles. The zero-order chi connectivity index (χ0) is 15.5. The zero-order valence-corrected chi connectivity index (χ0v) is 13.6. The molecule has 0 aliphatic heterocycles. The van der Waals surface area contributed by atoms with Gasteiger partial charge in [0.15, 0.2) is 0 Å². The minimum Gasteiger partial charge on any atom is -0.396 e. The van der Waals surface area contributed by atoms with E-state index in [4.69, 9.17) is 5.11 Å². The third-order valence-electron chi connectivity index (χ3n) is 3.46. The highest BCUT2D eigenvalue weighted by Crippen LogP contribution is 2.18. The maximum atomic E-state index is 9.10. The Hall–Kier alpha value is -1.39. The average Bonchev–Trinajstić information content (AvgIpc) is 2.76. The van der Waals surface area contributed by atoms with Gasteiger partial charge < -0.3 is 9.51 Å². The van der Waals surface area contributed by atoms with Crippen molar-refractivity contribution < 1.29 is 5.11 Å². The van der Waals surface area contributed by atoms with Gasteiger partial charge in [0.05, 0.1) is 11.9 Å². The number of pyridine rings is 1. The number of hydrogen-bond acceptors (Lipinski definition) is 3. The van der Waals surface area contributed by atoms with Crippen LogP contribution in [0.4, 0.5) is 0 Å². The molecule has 0 unspecified atom stereocenters. The highest BCUT2D eigenvalue weighted by molar-refractivity contribution is 5.42. The van der Waals surface area contributed by atoms with Crippen molar-refractivity contribution in [3.05, 3.63) is 35.8 Å². The maximum absolute atomic E-state index is 9.10. The van der Waals surface area contributed by atoms with Crippen LogP contribution in [0.1, 0.15) is 38.4 Å². The monoisotopic (exact) mass is 289 g/mol. The average molecular weight is 289 g/mol. The van der Waals surface area contributed by atoms with Gasteiger partial charge in [-0.1, -0.05) is 20.8 Å². The third-order valence-corrected chi connectivity index (χ3v) is 3.46. The quantitative estimate of drug-likeness (QED) is 0.889. The van der Waals surface area contributed by atoms with Gasteiger partial charge in [-0.05, 0) is 36.5 Å². The van der Waals surface area contributed by atoms with Gasteiger partial charge in [0.25, 0.3) is 0 Å². The summed E-state index contributed by atoms with van der Waals surface area (Å²) in [5.74, 6) is 0. The number of aromatic nitrogens is 2. The van der Waals surface area contributed by atoms with Crippen molar-refractivity contribution in [3.63, 3.8) is 0 Å². The van der Waals surface area contributed by atoms with Crippen molar-refractivity contribution in [1.82, 2.24) is 14.3 Å². The Morgan fingerprint density at radius 2 is 2.10 bits per heavy atom. The zero-order valence-electron chi connectivity index (χ0n) is 13.6. The van der Waals surface area contributed by atoms with E-state index in [2.05, 4.69) is 60.3 Å².